The standard InChI is InChI=1S/C31H48O4/c1-20(2)23-12-13-26-25(29(23,5)17-16-27(32)35-8)15-19-30(6)24(14-18-31(26,30)7)21(3)10-9-11-22(4)28(33)34/h11,15,21,23-24,26H,1,9-10,12-14,16-19H2,2-8H3,(H,33,34)/b22-11-/t21-,23+,24-,26-,29+,30-,31+/m1/s1. The molecule has 0 aromatic carbocycles. The van der Waals surface area contributed by atoms with E-state index in [0.29, 0.717) is 35.7 Å². The predicted molar refractivity (Wildman–Crippen MR) is 142 cm³/mol. The van der Waals surface area contributed by atoms with Crippen molar-refractivity contribution in [3.63, 3.8) is 0 Å². The maximum atomic E-state index is 12.1. The molecule has 2 saturated carbocycles. The molecule has 4 heteroatoms. The Bertz CT molecular complexity index is 913. The van der Waals surface area contributed by atoms with Gasteiger partial charge in [0.15, 0.2) is 0 Å². The molecule has 0 amide bonds. The molecule has 3 aliphatic rings. The van der Waals surface area contributed by atoms with E-state index in [1.165, 1.54) is 31.9 Å². The molecule has 0 aliphatic heterocycles. The maximum Gasteiger partial charge on any atom is 0.330 e. The number of rotatable bonds is 9. The molecule has 7 atom stereocenters. The summed E-state index contributed by atoms with van der Waals surface area (Å²) in [5.74, 6) is 1.22. The fourth-order valence-electron chi connectivity index (χ4n) is 8.54. The van der Waals surface area contributed by atoms with Gasteiger partial charge in [0.25, 0.3) is 0 Å². The van der Waals surface area contributed by atoms with E-state index in [2.05, 4.69) is 47.3 Å². The molecule has 0 aromatic heterocycles. The first-order valence-electron chi connectivity index (χ1n) is 13.6. The van der Waals surface area contributed by atoms with Crippen LogP contribution in [-0.2, 0) is 14.3 Å². The van der Waals surface area contributed by atoms with E-state index >= 15 is 0 Å². The monoisotopic (exact) mass is 484 g/mol. The highest BCUT2D eigenvalue weighted by Crippen LogP contribution is 2.71. The molecule has 3 rings (SSSR count). The van der Waals surface area contributed by atoms with Gasteiger partial charge in [0, 0.05) is 12.0 Å². The third-order valence-corrected chi connectivity index (χ3v) is 10.9. The summed E-state index contributed by atoms with van der Waals surface area (Å²) in [6, 6.07) is 0. The van der Waals surface area contributed by atoms with Gasteiger partial charge in [0.2, 0.25) is 0 Å². The van der Waals surface area contributed by atoms with E-state index in [1.807, 2.05) is 6.08 Å². The van der Waals surface area contributed by atoms with Gasteiger partial charge < -0.3 is 9.84 Å². The number of esters is 1. The van der Waals surface area contributed by atoms with Crippen LogP contribution in [0.3, 0.4) is 0 Å². The molecule has 196 valence electrons. The second-order valence-corrected chi connectivity index (χ2v) is 12.6. The zero-order chi connectivity index (χ0) is 26.2. The molecule has 0 bridgehead atoms. The summed E-state index contributed by atoms with van der Waals surface area (Å²) in [6.45, 7) is 18.0. The number of fused-ring (bicyclic) bond motifs is 3. The number of aliphatic carboxylic acids is 1. The first-order chi connectivity index (χ1) is 16.3. The van der Waals surface area contributed by atoms with Crippen LogP contribution >= 0.6 is 0 Å². The van der Waals surface area contributed by atoms with Crippen LogP contribution < -0.4 is 0 Å². The minimum absolute atomic E-state index is 0.0455. The van der Waals surface area contributed by atoms with Crippen LogP contribution in [0.4, 0.5) is 0 Å². The first kappa shape index (κ1) is 27.7. The summed E-state index contributed by atoms with van der Waals surface area (Å²) < 4.78 is 5.01. The Morgan fingerprint density at radius 2 is 1.89 bits per heavy atom. The molecule has 3 aliphatic carbocycles. The average molecular weight is 485 g/mol. The van der Waals surface area contributed by atoms with Crippen LogP contribution in [0.15, 0.2) is 35.5 Å². The van der Waals surface area contributed by atoms with Crippen LogP contribution in [0.25, 0.3) is 0 Å². The van der Waals surface area contributed by atoms with Crippen molar-refractivity contribution in [2.45, 2.75) is 99.3 Å². The highest BCUT2D eigenvalue weighted by atomic mass is 16.5. The van der Waals surface area contributed by atoms with Crippen LogP contribution in [0, 0.1) is 39.9 Å². The summed E-state index contributed by atoms with van der Waals surface area (Å²) >= 11 is 0. The van der Waals surface area contributed by atoms with Gasteiger partial charge in [-0.1, -0.05) is 57.6 Å². The van der Waals surface area contributed by atoms with Crippen LogP contribution in [0.5, 0.6) is 0 Å². The second-order valence-electron chi connectivity index (χ2n) is 12.6. The fourth-order valence-corrected chi connectivity index (χ4v) is 8.54. The lowest BCUT2D eigenvalue weighted by atomic mass is 9.44. The molecule has 0 aromatic rings. The number of ether oxygens (including phenoxy) is 1. The van der Waals surface area contributed by atoms with Gasteiger partial charge in [-0.3, -0.25) is 4.79 Å². The number of hydrogen-bond acceptors (Lipinski definition) is 3. The zero-order valence-electron chi connectivity index (χ0n) is 23.2. The van der Waals surface area contributed by atoms with Gasteiger partial charge in [-0.2, -0.15) is 0 Å². The summed E-state index contributed by atoms with van der Waals surface area (Å²) in [7, 11) is 1.48. The lowest BCUT2D eigenvalue weighted by Crippen LogP contribution is -2.52. The summed E-state index contributed by atoms with van der Waals surface area (Å²) in [6.07, 6.45) is 13.5. The van der Waals surface area contributed by atoms with Crippen LogP contribution in [-0.4, -0.2) is 24.2 Å². The molecule has 2 fully saturated rings. The Hall–Kier alpha value is -1.84. The Kier molecular flexibility index (Phi) is 8.13. The Morgan fingerprint density at radius 1 is 1.20 bits per heavy atom. The van der Waals surface area contributed by atoms with Crippen molar-refractivity contribution in [2.24, 2.45) is 39.9 Å². The maximum absolute atomic E-state index is 12.1. The summed E-state index contributed by atoms with van der Waals surface area (Å²) in [5, 5.41) is 9.17. The SMILES string of the molecule is C=C(C)[C@@H]1CC[C@@H]2C(=CC[C@]3(C)[C@@H]([C@H](C)CC/C=C(/C)C(=O)O)CC[C@@]23C)[C@@]1(C)CCC(=O)OC. The molecule has 0 heterocycles. The van der Waals surface area contributed by atoms with Crippen molar-refractivity contribution in [3.8, 4) is 0 Å². The smallest absolute Gasteiger partial charge is 0.330 e. The summed E-state index contributed by atoms with van der Waals surface area (Å²) in [4.78, 5) is 23.3. The normalized spacial score (nSPS) is 37.6. The van der Waals surface area contributed by atoms with E-state index in [-0.39, 0.29) is 22.2 Å². The Balaban J connectivity index is 1.88. The average Bonchev–Trinajstić information content (AvgIpc) is 3.08. The number of carbonyl (C=O) groups is 2. The minimum Gasteiger partial charge on any atom is -0.478 e. The van der Waals surface area contributed by atoms with Gasteiger partial charge >= 0.3 is 11.9 Å². The fraction of sp³-hybridized carbons (Fsp3) is 0.742. The molecule has 4 nitrogen and oxygen atoms in total. The van der Waals surface area contributed by atoms with Gasteiger partial charge in [-0.25, -0.2) is 4.79 Å². The van der Waals surface area contributed by atoms with Gasteiger partial charge in [0.05, 0.1) is 7.11 Å². The van der Waals surface area contributed by atoms with E-state index in [9.17, 15) is 14.7 Å². The molecule has 1 N–H and O–H groups in total. The molecule has 0 radical (unpaired) electrons. The van der Waals surface area contributed by atoms with Gasteiger partial charge in [-0.05, 0) is 105 Å². The van der Waals surface area contributed by atoms with Crippen molar-refractivity contribution in [1.82, 2.24) is 0 Å². The number of carboxylic acid groups (broad SMARTS) is 1. The quantitative estimate of drug-likeness (QED) is 0.206. The molecular formula is C31H48O4. The second kappa shape index (κ2) is 10.3. The van der Waals surface area contributed by atoms with E-state index in [1.54, 1.807) is 12.5 Å². The van der Waals surface area contributed by atoms with Gasteiger partial charge in [0.1, 0.15) is 0 Å². The van der Waals surface area contributed by atoms with Crippen molar-refractivity contribution in [3.05, 3.63) is 35.5 Å². The van der Waals surface area contributed by atoms with Crippen molar-refractivity contribution < 1.29 is 19.4 Å². The number of carboxylic acids is 1. The highest BCUT2D eigenvalue weighted by Gasteiger charge is 2.63. The zero-order valence-corrected chi connectivity index (χ0v) is 23.2. The first-order valence-corrected chi connectivity index (χ1v) is 13.6. The third kappa shape index (κ3) is 4.79. The Morgan fingerprint density at radius 3 is 2.49 bits per heavy atom. The highest BCUT2D eigenvalue weighted by molar-refractivity contribution is 5.85. The minimum atomic E-state index is -0.816. The number of methoxy groups -OCH3 is 1. The number of allylic oxidation sites excluding steroid dienone is 4. The van der Waals surface area contributed by atoms with Crippen molar-refractivity contribution in [1.29, 1.82) is 0 Å². The van der Waals surface area contributed by atoms with E-state index in [4.69, 9.17) is 4.74 Å². The van der Waals surface area contributed by atoms with Crippen molar-refractivity contribution >= 4 is 11.9 Å². The summed E-state index contributed by atoms with van der Waals surface area (Å²) in [5.41, 5.74) is 3.70. The topological polar surface area (TPSA) is 63.6 Å². The largest absolute Gasteiger partial charge is 0.478 e. The predicted octanol–water partition coefficient (Wildman–Crippen LogP) is 7.75. The Labute approximate surface area is 213 Å². The number of hydrogen-bond donors (Lipinski definition) is 1. The van der Waals surface area contributed by atoms with E-state index in [0.717, 1.165) is 32.1 Å². The lowest BCUT2D eigenvalue weighted by Gasteiger charge is -2.60. The van der Waals surface area contributed by atoms with Gasteiger partial charge in [-0.15, -0.1) is 0 Å². The van der Waals surface area contributed by atoms with Crippen LogP contribution in [0.1, 0.15) is 99.3 Å². The molecule has 0 saturated heterocycles. The molecule has 35 heavy (non-hydrogen) atoms. The molecular weight excluding hydrogens is 436 g/mol. The number of carbonyl (C=O) groups excluding carboxylic acids is 1. The molecule has 0 unspecified atom stereocenters. The van der Waals surface area contributed by atoms with E-state index < -0.39 is 5.97 Å². The lowest BCUT2D eigenvalue weighted by molar-refractivity contribution is -0.141. The van der Waals surface area contributed by atoms with Crippen LogP contribution in [0.2, 0.25) is 0 Å². The molecule has 0 spiro atoms. The third-order valence-electron chi connectivity index (χ3n) is 10.9. The van der Waals surface area contributed by atoms with Crippen molar-refractivity contribution in [2.75, 3.05) is 7.11 Å².